The summed E-state index contributed by atoms with van der Waals surface area (Å²) in [7, 11) is -3.18. The predicted octanol–water partition coefficient (Wildman–Crippen LogP) is 2.36. The molecule has 0 bridgehead atoms. The van der Waals surface area contributed by atoms with Gasteiger partial charge in [-0.2, -0.15) is 0 Å². The molecule has 1 saturated heterocycles. The zero-order valence-corrected chi connectivity index (χ0v) is 19.7. The lowest BCUT2D eigenvalue weighted by Crippen LogP contribution is -2.46. The first-order chi connectivity index (χ1) is 15.3. The van der Waals surface area contributed by atoms with Crippen LogP contribution in [0, 0.1) is 0 Å². The van der Waals surface area contributed by atoms with Crippen LogP contribution >= 0.6 is 11.6 Å². The van der Waals surface area contributed by atoms with Crippen molar-refractivity contribution in [1.29, 1.82) is 0 Å². The molecule has 0 aliphatic carbocycles. The maximum atomic E-state index is 12.2. The summed E-state index contributed by atoms with van der Waals surface area (Å²) < 4.78 is 26.1. The number of nitrogens with zero attached hydrogens (tertiary/aromatic N) is 7. The van der Waals surface area contributed by atoms with Crippen LogP contribution in [0.1, 0.15) is 25.2 Å². The van der Waals surface area contributed by atoms with E-state index >= 15 is 0 Å². The van der Waals surface area contributed by atoms with Gasteiger partial charge in [0.1, 0.15) is 5.82 Å². The second-order valence-electron chi connectivity index (χ2n) is 8.10. The molecule has 9 nitrogen and oxygen atoms in total. The van der Waals surface area contributed by atoms with E-state index in [-0.39, 0.29) is 5.75 Å². The van der Waals surface area contributed by atoms with Crippen LogP contribution in [0.3, 0.4) is 0 Å². The molecule has 0 saturated carbocycles. The Labute approximate surface area is 193 Å². The molecule has 0 spiro atoms. The second-order valence-corrected chi connectivity index (χ2v) is 11.1. The Morgan fingerprint density at radius 2 is 1.81 bits per heavy atom. The van der Waals surface area contributed by atoms with E-state index in [1.807, 2.05) is 18.3 Å². The molecule has 0 N–H and O–H groups in total. The van der Waals surface area contributed by atoms with E-state index in [0.717, 1.165) is 37.7 Å². The summed E-state index contributed by atoms with van der Waals surface area (Å²) in [6.45, 7) is 7.40. The van der Waals surface area contributed by atoms with Crippen LogP contribution in [0.25, 0.3) is 5.82 Å². The molecule has 1 aliphatic heterocycles. The minimum atomic E-state index is -3.18. The monoisotopic (exact) mass is 475 g/mol. The van der Waals surface area contributed by atoms with Crippen LogP contribution in [0.2, 0.25) is 5.02 Å². The minimum absolute atomic E-state index is 0.0311. The lowest BCUT2D eigenvalue weighted by atomic mass is 10.2. The largest absolute Gasteiger partial charge is 0.354 e. The maximum absolute atomic E-state index is 12.2. The molecule has 0 unspecified atom stereocenters. The van der Waals surface area contributed by atoms with E-state index in [9.17, 15) is 8.42 Å². The summed E-state index contributed by atoms with van der Waals surface area (Å²) in [5.74, 6) is 1.46. The van der Waals surface area contributed by atoms with Crippen LogP contribution < -0.4 is 4.90 Å². The summed E-state index contributed by atoms with van der Waals surface area (Å²) in [5.41, 5.74) is 1.46. The van der Waals surface area contributed by atoms with Crippen molar-refractivity contribution < 1.29 is 8.42 Å². The SMILES string of the molecule is CC(C)S(=O)(=O)Cc1cccc(N2CCN(Cc3cn(-c4ccc(Cl)cn4)nn3)CC2)n1. The van der Waals surface area contributed by atoms with Gasteiger partial charge in [0.15, 0.2) is 15.7 Å². The standard InChI is InChI=1S/C21H26ClN7O2S/c1-16(2)32(30,31)15-18-4-3-5-21(24-18)28-10-8-27(9-11-28)13-19-14-29(26-25-19)20-7-6-17(22)12-23-20/h3-7,12,14,16H,8-11,13,15H2,1-2H3. The van der Waals surface area contributed by atoms with Gasteiger partial charge in [-0.05, 0) is 38.1 Å². The van der Waals surface area contributed by atoms with Crippen LogP contribution in [-0.2, 0) is 22.1 Å². The number of pyridine rings is 2. The molecule has 4 heterocycles. The molecule has 3 aromatic rings. The van der Waals surface area contributed by atoms with Gasteiger partial charge < -0.3 is 4.90 Å². The zero-order valence-electron chi connectivity index (χ0n) is 18.1. The highest BCUT2D eigenvalue weighted by atomic mass is 35.5. The summed E-state index contributed by atoms with van der Waals surface area (Å²) in [5, 5.41) is 8.59. The van der Waals surface area contributed by atoms with Crippen molar-refractivity contribution in [2.24, 2.45) is 0 Å². The van der Waals surface area contributed by atoms with E-state index in [4.69, 9.17) is 11.6 Å². The number of rotatable bonds is 7. The first-order valence-electron chi connectivity index (χ1n) is 10.5. The van der Waals surface area contributed by atoms with Crippen molar-refractivity contribution in [1.82, 2.24) is 29.9 Å². The van der Waals surface area contributed by atoms with Gasteiger partial charge in [0.05, 0.1) is 33.6 Å². The second kappa shape index (κ2) is 9.51. The lowest BCUT2D eigenvalue weighted by Gasteiger charge is -2.35. The van der Waals surface area contributed by atoms with Crippen LogP contribution in [0.15, 0.2) is 42.7 Å². The third kappa shape index (κ3) is 5.43. The Hall–Kier alpha value is -2.56. The zero-order chi connectivity index (χ0) is 22.7. The van der Waals surface area contributed by atoms with Gasteiger partial charge >= 0.3 is 0 Å². The molecule has 170 valence electrons. The van der Waals surface area contributed by atoms with Gasteiger partial charge in [-0.15, -0.1) is 5.10 Å². The van der Waals surface area contributed by atoms with E-state index in [2.05, 4.69) is 30.1 Å². The number of piperazine rings is 1. The average Bonchev–Trinajstić information content (AvgIpc) is 3.23. The Kier molecular flexibility index (Phi) is 6.73. The smallest absolute Gasteiger partial charge is 0.158 e. The van der Waals surface area contributed by atoms with Crippen molar-refractivity contribution in [3.05, 3.63) is 59.1 Å². The van der Waals surface area contributed by atoms with Crippen LogP contribution in [-0.4, -0.2) is 69.7 Å². The topological polar surface area (TPSA) is 97.1 Å². The lowest BCUT2D eigenvalue weighted by molar-refractivity contribution is 0.246. The number of sulfone groups is 1. The molecular weight excluding hydrogens is 450 g/mol. The number of aromatic nitrogens is 5. The van der Waals surface area contributed by atoms with Gasteiger partial charge in [0.25, 0.3) is 0 Å². The molecule has 4 rings (SSSR count). The molecule has 3 aromatic heterocycles. The van der Waals surface area contributed by atoms with Crippen LogP contribution in [0.5, 0.6) is 0 Å². The van der Waals surface area contributed by atoms with Crippen molar-refractivity contribution in [3.63, 3.8) is 0 Å². The molecule has 11 heteroatoms. The average molecular weight is 476 g/mol. The summed E-state index contributed by atoms with van der Waals surface area (Å²) >= 11 is 5.89. The molecule has 0 amide bonds. The molecule has 32 heavy (non-hydrogen) atoms. The fraction of sp³-hybridized carbons (Fsp3) is 0.429. The molecular formula is C21H26ClN7O2S. The summed E-state index contributed by atoms with van der Waals surface area (Å²) in [4.78, 5) is 13.4. The molecule has 0 aromatic carbocycles. The Balaban J connectivity index is 1.34. The molecule has 1 aliphatic rings. The number of hydrogen-bond donors (Lipinski definition) is 0. The summed E-state index contributed by atoms with van der Waals surface area (Å²) in [6.07, 6.45) is 3.46. The quantitative estimate of drug-likeness (QED) is 0.513. The van der Waals surface area contributed by atoms with Gasteiger partial charge in [0, 0.05) is 38.9 Å². The van der Waals surface area contributed by atoms with Crippen molar-refractivity contribution in [2.45, 2.75) is 31.4 Å². The Morgan fingerprint density at radius 1 is 1.03 bits per heavy atom. The van der Waals surface area contributed by atoms with E-state index in [1.54, 1.807) is 42.9 Å². The Bertz CT molecular complexity index is 1160. The van der Waals surface area contributed by atoms with Crippen LogP contribution in [0.4, 0.5) is 5.82 Å². The molecule has 0 atom stereocenters. The van der Waals surface area contributed by atoms with Crippen molar-refractivity contribution >= 4 is 27.3 Å². The number of halogens is 1. The third-order valence-corrected chi connectivity index (χ3v) is 7.79. The fourth-order valence-corrected chi connectivity index (χ4v) is 4.46. The van der Waals surface area contributed by atoms with E-state index in [0.29, 0.717) is 23.1 Å². The third-order valence-electron chi connectivity index (χ3n) is 5.43. The van der Waals surface area contributed by atoms with Gasteiger partial charge in [0.2, 0.25) is 0 Å². The van der Waals surface area contributed by atoms with Crippen molar-refractivity contribution in [3.8, 4) is 5.82 Å². The predicted molar refractivity (Wildman–Crippen MR) is 124 cm³/mol. The number of anilines is 1. The fourth-order valence-electron chi connectivity index (χ4n) is 3.45. The first kappa shape index (κ1) is 22.6. The maximum Gasteiger partial charge on any atom is 0.158 e. The Morgan fingerprint density at radius 3 is 2.50 bits per heavy atom. The van der Waals surface area contributed by atoms with Crippen molar-refractivity contribution in [2.75, 3.05) is 31.1 Å². The minimum Gasteiger partial charge on any atom is -0.354 e. The van der Waals surface area contributed by atoms with Gasteiger partial charge in [-0.25, -0.2) is 23.1 Å². The van der Waals surface area contributed by atoms with E-state index < -0.39 is 15.1 Å². The highest BCUT2D eigenvalue weighted by Gasteiger charge is 2.21. The number of hydrogen-bond acceptors (Lipinski definition) is 8. The van der Waals surface area contributed by atoms with Gasteiger partial charge in [-0.1, -0.05) is 22.9 Å². The van der Waals surface area contributed by atoms with E-state index in [1.165, 1.54) is 0 Å². The van der Waals surface area contributed by atoms with Gasteiger partial charge in [-0.3, -0.25) is 4.90 Å². The molecule has 0 radical (unpaired) electrons. The first-order valence-corrected chi connectivity index (χ1v) is 12.6. The molecule has 1 fully saturated rings. The summed E-state index contributed by atoms with van der Waals surface area (Å²) in [6, 6.07) is 9.16. The highest BCUT2D eigenvalue weighted by Crippen LogP contribution is 2.18. The normalized spacial score (nSPS) is 15.4. The highest BCUT2D eigenvalue weighted by molar-refractivity contribution is 7.91.